The lowest BCUT2D eigenvalue weighted by Crippen LogP contribution is -1.98. The molecule has 7 aromatic carbocycles. The fraction of sp³-hybridized carbons (Fsp3) is 0.222. The number of hydrogen-bond acceptors (Lipinski definition) is 0. The summed E-state index contributed by atoms with van der Waals surface area (Å²) < 4.78 is 4.93. The summed E-state index contributed by atoms with van der Waals surface area (Å²) in [6.45, 7) is 4.59. The minimum Gasteiger partial charge on any atom is -0.309 e. The Bertz CT molecular complexity index is 2710. The molecular formula is C54H52N2. The second-order valence-corrected chi connectivity index (χ2v) is 15.6. The maximum absolute atomic E-state index is 2.54. The number of para-hydroxylation sites is 3. The minimum atomic E-state index is 1.14. The highest BCUT2D eigenvalue weighted by Gasteiger charge is 2.19. The molecule has 0 N–H and O–H groups in total. The first kappa shape index (κ1) is 35.8. The van der Waals surface area contributed by atoms with Gasteiger partial charge in [0.1, 0.15) is 0 Å². The van der Waals surface area contributed by atoms with Gasteiger partial charge in [-0.25, -0.2) is 0 Å². The molecule has 9 aromatic rings. The van der Waals surface area contributed by atoms with Gasteiger partial charge in [0.15, 0.2) is 0 Å². The van der Waals surface area contributed by atoms with E-state index in [1.165, 1.54) is 140 Å². The second kappa shape index (κ2) is 16.1. The van der Waals surface area contributed by atoms with Crippen molar-refractivity contribution in [2.24, 2.45) is 0 Å². The Morgan fingerprint density at radius 1 is 0.357 bits per heavy atom. The Morgan fingerprint density at radius 3 is 1.55 bits per heavy atom. The fourth-order valence-corrected chi connectivity index (χ4v) is 9.06. The third-order valence-corrected chi connectivity index (χ3v) is 11.9. The number of hydrogen-bond donors (Lipinski definition) is 0. The van der Waals surface area contributed by atoms with Gasteiger partial charge in [0.05, 0.1) is 27.8 Å². The zero-order valence-electron chi connectivity index (χ0n) is 33.0. The summed E-state index contributed by atoms with van der Waals surface area (Å²) in [5, 5.41) is 5.27. The lowest BCUT2D eigenvalue weighted by Gasteiger charge is -2.17. The van der Waals surface area contributed by atoms with Crippen LogP contribution >= 0.6 is 0 Å². The summed E-state index contributed by atoms with van der Waals surface area (Å²) in [7, 11) is 0. The highest BCUT2D eigenvalue weighted by atomic mass is 15.0. The van der Waals surface area contributed by atoms with Crippen LogP contribution in [0, 0.1) is 0 Å². The summed E-state index contributed by atoms with van der Waals surface area (Å²) in [5.41, 5.74) is 15.2. The van der Waals surface area contributed by atoms with Gasteiger partial charge in [0, 0.05) is 32.8 Å². The molecule has 9 rings (SSSR count). The molecule has 0 fully saturated rings. The average Bonchev–Trinajstić information content (AvgIpc) is 3.76. The van der Waals surface area contributed by atoms with Crippen molar-refractivity contribution in [1.82, 2.24) is 9.13 Å². The van der Waals surface area contributed by atoms with Crippen molar-refractivity contribution in [1.29, 1.82) is 0 Å². The molecule has 0 aliphatic rings. The third-order valence-electron chi connectivity index (χ3n) is 11.9. The van der Waals surface area contributed by atoms with Crippen LogP contribution in [0.3, 0.4) is 0 Å². The van der Waals surface area contributed by atoms with Crippen LogP contribution in [0.5, 0.6) is 0 Å². The summed E-state index contributed by atoms with van der Waals surface area (Å²) in [5.74, 6) is 0. The Hall–Kier alpha value is -5.86. The number of aryl methyl sites for hydroxylation is 2. The fourth-order valence-electron chi connectivity index (χ4n) is 9.06. The summed E-state index contributed by atoms with van der Waals surface area (Å²) in [6, 6.07) is 59.1. The number of benzene rings is 7. The van der Waals surface area contributed by atoms with Crippen LogP contribution in [0.4, 0.5) is 0 Å². The number of fused-ring (bicyclic) bond motifs is 6. The third kappa shape index (κ3) is 6.72. The van der Waals surface area contributed by atoms with Gasteiger partial charge in [-0.15, -0.1) is 0 Å². The normalized spacial score (nSPS) is 11.8. The van der Waals surface area contributed by atoms with Crippen LogP contribution in [0.15, 0.2) is 158 Å². The molecule has 0 unspecified atom stereocenters. The zero-order chi connectivity index (χ0) is 37.8. The molecule has 2 nitrogen and oxygen atoms in total. The molecule has 0 saturated carbocycles. The lowest BCUT2D eigenvalue weighted by molar-refractivity contribution is 0.667. The number of aromatic nitrogens is 2. The van der Waals surface area contributed by atoms with Gasteiger partial charge >= 0.3 is 0 Å². The Labute approximate surface area is 332 Å². The molecule has 0 spiro atoms. The minimum absolute atomic E-state index is 1.14. The summed E-state index contributed by atoms with van der Waals surface area (Å²) in [6.07, 6.45) is 12.5. The van der Waals surface area contributed by atoms with E-state index < -0.39 is 0 Å². The lowest BCUT2D eigenvalue weighted by atomic mass is 9.92. The van der Waals surface area contributed by atoms with E-state index in [1.807, 2.05) is 0 Å². The molecular weight excluding hydrogens is 677 g/mol. The number of nitrogens with zero attached hydrogens (tertiary/aromatic N) is 2. The van der Waals surface area contributed by atoms with E-state index in [1.54, 1.807) is 0 Å². The van der Waals surface area contributed by atoms with E-state index in [0.29, 0.717) is 0 Å². The van der Waals surface area contributed by atoms with Crippen molar-refractivity contribution in [3.8, 4) is 33.6 Å². The molecule has 2 aromatic heterocycles. The maximum atomic E-state index is 2.54. The molecule has 278 valence electrons. The van der Waals surface area contributed by atoms with Gasteiger partial charge in [0.25, 0.3) is 0 Å². The van der Waals surface area contributed by atoms with Gasteiger partial charge in [0.2, 0.25) is 0 Å². The molecule has 0 atom stereocenters. The van der Waals surface area contributed by atoms with Gasteiger partial charge in [-0.1, -0.05) is 149 Å². The van der Waals surface area contributed by atoms with Crippen LogP contribution in [0.1, 0.15) is 76.3 Å². The van der Waals surface area contributed by atoms with Crippen LogP contribution in [-0.4, -0.2) is 9.13 Å². The molecule has 0 bridgehead atoms. The summed E-state index contributed by atoms with van der Waals surface area (Å²) >= 11 is 0. The van der Waals surface area contributed by atoms with Crippen LogP contribution in [-0.2, 0) is 12.8 Å². The quantitative estimate of drug-likeness (QED) is 0.0987. The van der Waals surface area contributed by atoms with Crippen LogP contribution < -0.4 is 0 Å². The summed E-state index contributed by atoms with van der Waals surface area (Å²) in [4.78, 5) is 0. The molecule has 0 saturated heterocycles. The van der Waals surface area contributed by atoms with Crippen molar-refractivity contribution in [3.63, 3.8) is 0 Å². The first-order chi connectivity index (χ1) is 27.7. The monoisotopic (exact) mass is 728 g/mol. The molecule has 0 aliphatic carbocycles. The zero-order valence-corrected chi connectivity index (χ0v) is 33.0. The van der Waals surface area contributed by atoms with E-state index in [-0.39, 0.29) is 0 Å². The van der Waals surface area contributed by atoms with E-state index in [4.69, 9.17) is 0 Å². The molecule has 0 amide bonds. The van der Waals surface area contributed by atoms with Crippen LogP contribution in [0.2, 0.25) is 0 Å². The predicted octanol–water partition coefficient (Wildman–Crippen LogP) is 15.5. The van der Waals surface area contributed by atoms with E-state index in [2.05, 4.69) is 181 Å². The topological polar surface area (TPSA) is 9.86 Å². The van der Waals surface area contributed by atoms with Gasteiger partial charge in [-0.05, 0) is 114 Å². The van der Waals surface area contributed by atoms with Gasteiger partial charge in [-0.3, -0.25) is 0 Å². The van der Waals surface area contributed by atoms with Crippen molar-refractivity contribution in [2.75, 3.05) is 0 Å². The molecule has 2 heterocycles. The number of unbranched alkanes of at least 4 members (excludes halogenated alkanes) is 6. The van der Waals surface area contributed by atoms with Crippen LogP contribution in [0.25, 0.3) is 77.2 Å². The molecule has 56 heavy (non-hydrogen) atoms. The van der Waals surface area contributed by atoms with Crippen molar-refractivity contribution >= 4 is 43.6 Å². The highest BCUT2D eigenvalue weighted by Crippen LogP contribution is 2.42. The van der Waals surface area contributed by atoms with Gasteiger partial charge < -0.3 is 9.13 Å². The Morgan fingerprint density at radius 2 is 0.875 bits per heavy atom. The van der Waals surface area contributed by atoms with Gasteiger partial charge in [-0.2, -0.15) is 0 Å². The second-order valence-electron chi connectivity index (χ2n) is 15.6. The Balaban J connectivity index is 1.19. The van der Waals surface area contributed by atoms with Crippen molar-refractivity contribution in [3.05, 3.63) is 169 Å². The van der Waals surface area contributed by atoms with E-state index in [0.717, 1.165) is 12.8 Å². The first-order valence-electron chi connectivity index (χ1n) is 21.1. The molecule has 2 heteroatoms. The first-order valence-corrected chi connectivity index (χ1v) is 21.1. The van der Waals surface area contributed by atoms with E-state index in [9.17, 15) is 0 Å². The largest absolute Gasteiger partial charge is 0.309 e. The number of rotatable bonds is 14. The smallest absolute Gasteiger partial charge is 0.0541 e. The Kier molecular flexibility index (Phi) is 10.3. The SMILES string of the molecule is CCCCCCc1ccc2c(c1)c1cc(CCCCCC)ccc1n2-c1ccccc1-c1ccccc1-c1ccc2c(c1)c1ccccc1n2-c1ccccc1. The molecule has 0 radical (unpaired) electrons. The maximum Gasteiger partial charge on any atom is 0.0541 e. The average molecular weight is 729 g/mol. The predicted molar refractivity (Wildman–Crippen MR) is 242 cm³/mol. The van der Waals surface area contributed by atoms with Crippen molar-refractivity contribution in [2.45, 2.75) is 78.1 Å². The van der Waals surface area contributed by atoms with Crippen molar-refractivity contribution < 1.29 is 0 Å². The highest BCUT2D eigenvalue weighted by molar-refractivity contribution is 6.12. The van der Waals surface area contributed by atoms with E-state index >= 15 is 0 Å². The standard InChI is InChI=1S/C54H52N2/c1-3-5-7-10-20-39-30-33-53-47(36-39)48-37-40(21-11-8-6-4-2)31-34-54(48)56(53)51-29-19-16-26-45(51)44-25-15-14-24-43(44)41-32-35-52-49(38-41)46-27-17-18-28-50(46)55(52)42-22-12-9-13-23-42/h9,12-19,22-38H,3-8,10-11,20-21H2,1-2H3. The molecule has 0 aliphatic heterocycles.